The molecule has 0 aliphatic heterocycles. The molecule has 6 heteroatoms. The van der Waals surface area contributed by atoms with Crippen molar-refractivity contribution in [2.75, 3.05) is 13.2 Å². The Bertz CT molecular complexity index is 1110. The molecule has 0 saturated carbocycles. The van der Waals surface area contributed by atoms with Crippen LogP contribution in [0.3, 0.4) is 0 Å². The molecular formula is C57H102O6. The molecule has 0 N–H and O–H groups in total. The predicted octanol–water partition coefficient (Wildman–Crippen LogP) is 17.9. The Morgan fingerprint density at radius 1 is 0.317 bits per heavy atom. The number of hydrogen-bond donors (Lipinski definition) is 0. The van der Waals surface area contributed by atoms with Crippen LogP contribution < -0.4 is 0 Å². The van der Waals surface area contributed by atoms with Crippen LogP contribution in [0.5, 0.6) is 0 Å². The Morgan fingerprint density at radius 2 is 0.587 bits per heavy atom. The molecule has 6 nitrogen and oxygen atoms in total. The molecule has 0 fully saturated rings. The average molecular weight is 883 g/mol. The maximum Gasteiger partial charge on any atom is 0.306 e. The summed E-state index contributed by atoms with van der Waals surface area (Å²) in [5.74, 6) is -0.894. The number of carbonyl (C=O) groups excluding carboxylic acids is 3. The van der Waals surface area contributed by atoms with Crippen LogP contribution in [0.15, 0.2) is 48.6 Å². The van der Waals surface area contributed by atoms with Gasteiger partial charge in [0, 0.05) is 19.3 Å². The predicted molar refractivity (Wildman–Crippen MR) is 270 cm³/mol. The first-order valence-electron chi connectivity index (χ1n) is 27.1. The lowest BCUT2D eigenvalue weighted by Gasteiger charge is -2.18. The van der Waals surface area contributed by atoms with Crippen LogP contribution in [0.25, 0.3) is 0 Å². The minimum Gasteiger partial charge on any atom is -0.462 e. The fourth-order valence-electron chi connectivity index (χ4n) is 7.62. The molecule has 63 heavy (non-hydrogen) atoms. The zero-order chi connectivity index (χ0) is 45.8. The Morgan fingerprint density at radius 3 is 0.968 bits per heavy atom. The van der Waals surface area contributed by atoms with E-state index in [2.05, 4.69) is 69.4 Å². The molecule has 0 aromatic carbocycles. The van der Waals surface area contributed by atoms with E-state index in [0.29, 0.717) is 19.3 Å². The maximum atomic E-state index is 12.8. The van der Waals surface area contributed by atoms with Crippen LogP contribution in [0.2, 0.25) is 0 Å². The summed E-state index contributed by atoms with van der Waals surface area (Å²) in [6, 6.07) is 0. The normalized spacial score (nSPS) is 12.4. The number of rotatable bonds is 49. The summed E-state index contributed by atoms with van der Waals surface area (Å²) in [4.78, 5) is 38.0. The third kappa shape index (κ3) is 50.2. The van der Waals surface area contributed by atoms with E-state index in [0.717, 1.165) is 83.5 Å². The second-order valence-electron chi connectivity index (χ2n) is 18.1. The van der Waals surface area contributed by atoms with Crippen molar-refractivity contribution in [2.45, 2.75) is 284 Å². The summed E-state index contributed by atoms with van der Waals surface area (Å²) in [6.45, 7) is 6.57. The van der Waals surface area contributed by atoms with E-state index in [1.807, 2.05) is 0 Å². The molecular weight excluding hydrogens is 781 g/mol. The number of allylic oxidation sites excluding steroid dienone is 8. The summed E-state index contributed by atoms with van der Waals surface area (Å²) in [5, 5.41) is 0. The summed E-state index contributed by atoms with van der Waals surface area (Å²) >= 11 is 0. The number of carbonyl (C=O) groups is 3. The summed E-state index contributed by atoms with van der Waals surface area (Å²) in [7, 11) is 0. The van der Waals surface area contributed by atoms with Gasteiger partial charge in [-0.1, -0.05) is 211 Å². The molecule has 366 valence electrons. The lowest BCUT2D eigenvalue weighted by atomic mass is 10.1. The van der Waals surface area contributed by atoms with Crippen molar-refractivity contribution in [2.24, 2.45) is 0 Å². The number of ether oxygens (including phenoxy) is 3. The molecule has 0 heterocycles. The number of esters is 3. The zero-order valence-corrected chi connectivity index (χ0v) is 41.8. The zero-order valence-electron chi connectivity index (χ0n) is 41.8. The molecule has 0 aliphatic rings. The Hall–Kier alpha value is -2.63. The Labute approximate surface area is 390 Å². The molecule has 0 saturated heterocycles. The first-order chi connectivity index (χ1) is 31.0. The third-order valence-electron chi connectivity index (χ3n) is 11.8. The number of hydrogen-bond acceptors (Lipinski definition) is 6. The molecule has 0 aromatic heterocycles. The average Bonchev–Trinajstić information content (AvgIpc) is 3.28. The van der Waals surface area contributed by atoms with Crippen LogP contribution in [-0.2, 0) is 28.6 Å². The maximum absolute atomic E-state index is 12.8. The van der Waals surface area contributed by atoms with E-state index in [-0.39, 0.29) is 31.1 Å². The Balaban J connectivity index is 4.34. The minimum absolute atomic E-state index is 0.0803. The quantitative estimate of drug-likeness (QED) is 0.0262. The third-order valence-corrected chi connectivity index (χ3v) is 11.8. The topological polar surface area (TPSA) is 78.9 Å². The lowest BCUT2D eigenvalue weighted by Crippen LogP contribution is -2.30. The second-order valence-corrected chi connectivity index (χ2v) is 18.1. The highest BCUT2D eigenvalue weighted by Gasteiger charge is 2.19. The molecule has 0 rings (SSSR count). The Kier molecular flexibility index (Phi) is 49.8. The van der Waals surface area contributed by atoms with Crippen LogP contribution in [0.4, 0.5) is 0 Å². The van der Waals surface area contributed by atoms with E-state index in [9.17, 15) is 14.4 Å². The number of unbranched alkanes of at least 4 members (excludes halogenated alkanes) is 30. The van der Waals surface area contributed by atoms with Gasteiger partial charge < -0.3 is 14.2 Å². The van der Waals surface area contributed by atoms with Crippen molar-refractivity contribution in [1.82, 2.24) is 0 Å². The van der Waals surface area contributed by atoms with Crippen molar-refractivity contribution < 1.29 is 28.6 Å². The van der Waals surface area contributed by atoms with E-state index in [4.69, 9.17) is 14.2 Å². The van der Waals surface area contributed by atoms with Gasteiger partial charge in [0.25, 0.3) is 0 Å². The van der Waals surface area contributed by atoms with Crippen molar-refractivity contribution in [3.8, 4) is 0 Å². The molecule has 0 aromatic rings. The van der Waals surface area contributed by atoms with Crippen LogP contribution >= 0.6 is 0 Å². The highest BCUT2D eigenvalue weighted by molar-refractivity contribution is 5.71. The first kappa shape index (κ1) is 60.4. The SMILES string of the molecule is CCCC/C=C\CCCCCCCC(=O)OC[C@@H](COC(=O)CCCCCCCCCCC/C=C\C/C=C\CCCCC)OC(=O)CCCCCCC/C=C\CCCCCCCC. The van der Waals surface area contributed by atoms with Gasteiger partial charge in [0.15, 0.2) is 6.10 Å². The van der Waals surface area contributed by atoms with Crippen LogP contribution in [0.1, 0.15) is 278 Å². The van der Waals surface area contributed by atoms with Crippen molar-refractivity contribution in [3.05, 3.63) is 48.6 Å². The van der Waals surface area contributed by atoms with E-state index in [1.54, 1.807) is 0 Å². The summed E-state index contributed by atoms with van der Waals surface area (Å²) < 4.78 is 16.8. The molecule has 0 unspecified atom stereocenters. The summed E-state index contributed by atoms with van der Waals surface area (Å²) in [5.41, 5.74) is 0. The summed E-state index contributed by atoms with van der Waals surface area (Å²) in [6.07, 6.45) is 62.4. The highest BCUT2D eigenvalue weighted by atomic mass is 16.6. The molecule has 0 aliphatic carbocycles. The van der Waals surface area contributed by atoms with Gasteiger partial charge in [-0.15, -0.1) is 0 Å². The van der Waals surface area contributed by atoms with Crippen LogP contribution in [-0.4, -0.2) is 37.2 Å². The van der Waals surface area contributed by atoms with Gasteiger partial charge in [-0.3, -0.25) is 14.4 Å². The van der Waals surface area contributed by atoms with Crippen molar-refractivity contribution >= 4 is 17.9 Å². The molecule has 0 bridgehead atoms. The molecule has 0 amide bonds. The largest absolute Gasteiger partial charge is 0.462 e. The van der Waals surface area contributed by atoms with Crippen LogP contribution in [0, 0.1) is 0 Å². The fraction of sp³-hybridized carbons (Fsp3) is 0.807. The second kappa shape index (κ2) is 52.0. The molecule has 1 atom stereocenters. The molecule has 0 spiro atoms. The van der Waals surface area contributed by atoms with Gasteiger partial charge in [0.05, 0.1) is 0 Å². The van der Waals surface area contributed by atoms with Crippen molar-refractivity contribution in [1.29, 1.82) is 0 Å². The molecule has 0 radical (unpaired) electrons. The van der Waals surface area contributed by atoms with Gasteiger partial charge in [-0.25, -0.2) is 0 Å². The van der Waals surface area contributed by atoms with Gasteiger partial charge in [0.2, 0.25) is 0 Å². The fourth-order valence-corrected chi connectivity index (χ4v) is 7.62. The van der Waals surface area contributed by atoms with Crippen molar-refractivity contribution in [3.63, 3.8) is 0 Å². The van der Waals surface area contributed by atoms with Gasteiger partial charge in [-0.2, -0.15) is 0 Å². The lowest BCUT2D eigenvalue weighted by molar-refractivity contribution is -0.167. The first-order valence-corrected chi connectivity index (χ1v) is 27.1. The minimum atomic E-state index is -0.780. The highest BCUT2D eigenvalue weighted by Crippen LogP contribution is 2.15. The van der Waals surface area contributed by atoms with Gasteiger partial charge in [-0.05, 0) is 96.3 Å². The van der Waals surface area contributed by atoms with E-state index in [1.165, 1.54) is 154 Å². The standard InChI is InChI=1S/C57H102O6/c1-4-7-10-13-16-19-22-24-26-27-28-29-31-32-35-38-41-44-47-50-56(59)62-53-54(52-61-55(58)49-46-43-40-37-34-21-18-15-12-9-6-3)63-57(60)51-48-45-42-39-36-33-30-25-23-20-17-14-11-8-5-2/h15-16,18-19,24-26,30,54H,4-14,17,20-23,27-29,31-53H2,1-3H3/b18-15-,19-16-,26-24-,30-25-/t54-/m0/s1. The van der Waals surface area contributed by atoms with E-state index >= 15 is 0 Å². The van der Waals surface area contributed by atoms with Gasteiger partial charge >= 0.3 is 17.9 Å². The van der Waals surface area contributed by atoms with E-state index < -0.39 is 6.10 Å². The monoisotopic (exact) mass is 883 g/mol. The smallest absolute Gasteiger partial charge is 0.306 e. The van der Waals surface area contributed by atoms with Gasteiger partial charge in [0.1, 0.15) is 13.2 Å².